The molecule has 0 heterocycles. The van der Waals surface area contributed by atoms with Gasteiger partial charge in [0.05, 0.1) is 12.0 Å². The van der Waals surface area contributed by atoms with Gasteiger partial charge in [0.15, 0.2) is 11.5 Å². The van der Waals surface area contributed by atoms with Crippen molar-refractivity contribution in [2.75, 3.05) is 7.11 Å². The summed E-state index contributed by atoms with van der Waals surface area (Å²) < 4.78 is 59.9. The number of amides is 1. The van der Waals surface area contributed by atoms with Crippen LogP contribution in [-0.4, -0.2) is 28.0 Å². The summed E-state index contributed by atoms with van der Waals surface area (Å²) >= 11 is 5.69. The first kappa shape index (κ1) is 18.9. The molecule has 2 aromatic rings. The van der Waals surface area contributed by atoms with E-state index in [9.17, 15) is 22.0 Å². The molecule has 2 rings (SSSR count). The molecule has 0 aliphatic rings. The van der Waals surface area contributed by atoms with Gasteiger partial charge < -0.3 is 9.47 Å². The summed E-state index contributed by atoms with van der Waals surface area (Å²) in [6.45, 7) is -3.07. The molecule has 0 atom stereocenters. The van der Waals surface area contributed by atoms with Crippen LogP contribution >= 0.6 is 11.6 Å². The van der Waals surface area contributed by atoms with E-state index < -0.39 is 22.5 Å². The lowest BCUT2D eigenvalue weighted by molar-refractivity contribution is -0.0512. The normalized spacial score (nSPS) is 11.2. The number of sulfonamides is 1. The van der Waals surface area contributed by atoms with Gasteiger partial charge in [0, 0.05) is 10.6 Å². The standard InChI is InChI=1S/C15H12ClF2NO5S/c1-23-13-8-9(2-7-12(13)24-15(17)18)14(20)19-25(21,22)11-5-3-10(16)4-6-11/h2-8,15H,1H3,(H,19,20). The number of ether oxygens (including phenoxy) is 2. The molecule has 6 nitrogen and oxygen atoms in total. The van der Waals surface area contributed by atoms with Gasteiger partial charge in [-0.15, -0.1) is 0 Å². The second-order valence-electron chi connectivity index (χ2n) is 4.63. The number of carbonyl (C=O) groups is 1. The van der Waals surface area contributed by atoms with Crippen molar-refractivity contribution < 1.29 is 31.5 Å². The van der Waals surface area contributed by atoms with E-state index in [-0.39, 0.29) is 22.0 Å². The van der Waals surface area contributed by atoms with Crippen LogP contribution in [0.25, 0.3) is 0 Å². The molecular formula is C15H12ClF2NO5S. The summed E-state index contributed by atoms with van der Waals surface area (Å²) in [6, 6.07) is 8.49. The van der Waals surface area contributed by atoms with E-state index in [1.807, 2.05) is 4.72 Å². The number of alkyl halides is 2. The molecule has 2 aromatic carbocycles. The number of halogens is 3. The number of benzene rings is 2. The second-order valence-corrected chi connectivity index (χ2v) is 6.75. The summed E-state index contributed by atoms with van der Waals surface area (Å²) in [6.07, 6.45) is 0. The van der Waals surface area contributed by atoms with E-state index in [0.717, 1.165) is 18.2 Å². The maximum absolute atomic E-state index is 12.3. The molecule has 0 aliphatic carbocycles. The highest BCUT2D eigenvalue weighted by Gasteiger charge is 2.20. The van der Waals surface area contributed by atoms with Gasteiger partial charge in [-0.2, -0.15) is 8.78 Å². The number of nitrogens with one attached hydrogen (secondary N) is 1. The first-order valence-corrected chi connectivity index (χ1v) is 8.54. The Hall–Kier alpha value is -2.39. The zero-order valence-electron chi connectivity index (χ0n) is 12.7. The smallest absolute Gasteiger partial charge is 0.387 e. The molecule has 0 aliphatic heterocycles. The average Bonchev–Trinajstić information content (AvgIpc) is 2.54. The fourth-order valence-corrected chi connectivity index (χ4v) is 2.96. The maximum atomic E-state index is 12.3. The Kier molecular flexibility index (Phi) is 5.81. The number of methoxy groups -OCH3 is 1. The maximum Gasteiger partial charge on any atom is 0.387 e. The zero-order valence-corrected chi connectivity index (χ0v) is 14.3. The summed E-state index contributed by atoms with van der Waals surface area (Å²) in [5.41, 5.74) is -0.115. The monoisotopic (exact) mass is 391 g/mol. The summed E-state index contributed by atoms with van der Waals surface area (Å²) in [7, 11) is -2.93. The highest BCUT2D eigenvalue weighted by molar-refractivity contribution is 7.90. The van der Waals surface area contributed by atoms with E-state index in [1.165, 1.54) is 31.4 Å². The Balaban J connectivity index is 2.24. The van der Waals surface area contributed by atoms with Crippen LogP contribution < -0.4 is 14.2 Å². The zero-order chi connectivity index (χ0) is 18.6. The molecule has 0 saturated carbocycles. The first-order chi connectivity index (χ1) is 11.7. The van der Waals surface area contributed by atoms with Crippen molar-refractivity contribution in [1.29, 1.82) is 0 Å². The lowest BCUT2D eigenvalue weighted by Gasteiger charge is -2.12. The molecule has 0 fully saturated rings. The molecule has 1 amide bonds. The van der Waals surface area contributed by atoms with Gasteiger partial charge in [0.1, 0.15) is 0 Å². The molecule has 0 radical (unpaired) electrons. The number of rotatable bonds is 6. The largest absolute Gasteiger partial charge is 0.493 e. The van der Waals surface area contributed by atoms with E-state index in [4.69, 9.17) is 16.3 Å². The predicted octanol–water partition coefficient (Wildman–Crippen LogP) is 3.07. The van der Waals surface area contributed by atoms with Gasteiger partial charge in [0.2, 0.25) is 0 Å². The van der Waals surface area contributed by atoms with Crippen molar-refractivity contribution in [2.45, 2.75) is 11.5 Å². The van der Waals surface area contributed by atoms with Gasteiger partial charge in [-0.3, -0.25) is 4.79 Å². The highest BCUT2D eigenvalue weighted by Crippen LogP contribution is 2.29. The van der Waals surface area contributed by atoms with E-state index in [1.54, 1.807) is 0 Å². The number of hydrogen-bond acceptors (Lipinski definition) is 5. The van der Waals surface area contributed by atoms with E-state index in [0.29, 0.717) is 5.02 Å². The third-order valence-corrected chi connectivity index (χ3v) is 4.59. The SMILES string of the molecule is COc1cc(C(=O)NS(=O)(=O)c2ccc(Cl)cc2)ccc1OC(F)F. The fraction of sp³-hybridized carbons (Fsp3) is 0.133. The molecule has 1 N–H and O–H groups in total. The second kappa shape index (κ2) is 7.66. The predicted molar refractivity (Wildman–Crippen MR) is 85.7 cm³/mol. The average molecular weight is 392 g/mol. The summed E-state index contributed by atoms with van der Waals surface area (Å²) in [5, 5.41) is 0.338. The highest BCUT2D eigenvalue weighted by atomic mass is 35.5. The minimum Gasteiger partial charge on any atom is -0.493 e. The third kappa shape index (κ3) is 4.80. The quantitative estimate of drug-likeness (QED) is 0.818. The Morgan fingerprint density at radius 1 is 1.12 bits per heavy atom. The summed E-state index contributed by atoms with van der Waals surface area (Å²) in [5.74, 6) is -1.39. The van der Waals surface area contributed by atoms with Crippen molar-refractivity contribution in [1.82, 2.24) is 4.72 Å². The van der Waals surface area contributed by atoms with E-state index in [2.05, 4.69) is 4.74 Å². The molecule has 10 heteroatoms. The minimum atomic E-state index is -4.12. The molecule has 0 bridgehead atoms. The number of hydrogen-bond donors (Lipinski definition) is 1. The van der Waals surface area contributed by atoms with Gasteiger partial charge in [-0.1, -0.05) is 11.6 Å². The van der Waals surface area contributed by atoms with Crippen LogP contribution in [0.3, 0.4) is 0 Å². The molecule has 0 aromatic heterocycles. The molecule has 0 spiro atoms. The van der Waals surface area contributed by atoms with Crippen LogP contribution in [0.1, 0.15) is 10.4 Å². The van der Waals surface area contributed by atoms with Crippen molar-refractivity contribution in [3.05, 3.63) is 53.1 Å². The van der Waals surface area contributed by atoms with Gasteiger partial charge in [-0.25, -0.2) is 13.1 Å². The lowest BCUT2D eigenvalue weighted by atomic mass is 10.2. The molecule has 0 unspecified atom stereocenters. The van der Waals surface area contributed by atoms with Crippen LogP contribution in [-0.2, 0) is 10.0 Å². The van der Waals surface area contributed by atoms with Gasteiger partial charge in [0.25, 0.3) is 15.9 Å². The van der Waals surface area contributed by atoms with Crippen molar-refractivity contribution in [2.24, 2.45) is 0 Å². The molecule has 25 heavy (non-hydrogen) atoms. The molecule has 0 saturated heterocycles. The van der Waals surface area contributed by atoms with Crippen LogP contribution in [0, 0.1) is 0 Å². The lowest BCUT2D eigenvalue weighted by Crippen LogP contribution is -2.30. The van der Waals surface area contributed by atoms with Gasteiger partial charge in [-0.05, 0) is 42.5 Å². The third-order valence-electron chi connectivity index (χ3n) is 2.99. The fourth-order valence-electron chi connectivity index (χ4n) is 1.86. The van der Waals surface area contributed by atoms with Crippen molar-refractivity contribution >= 4 is 27.5 Å². The van der Waals surface area contributed by atoms with Gasteiger partial charge >= 0.3 is 6.61 Å². The Morgan fingerprint density at radius 3 is 2.32 bits per heavy atom. The van der Waals surface area contributed by atoms with Crippen LogP contribution in [0.4, 0.5) is 8.78 Å². The molecule has 134 valence electrons. The van der Waals surface area contributed by atoms with Crippen LogP contribution in [0.5, 0.6) is 11.5 Å². The Labute approximate surface area is 147 Å². The van der Waals surface area contributed by atoms with Crippen molar-refractivity contribution in [3.8, 4) is 11.5 Å². The van der Waals surface area contributed by atoms with Crippen molar-refractivity contribution in [3.63, 3.8) is 0 Å². The summed E-state index contributed by atoms with van der Waals surface area (Å²) in [4.78, 5) is 12.0. The first-order valence-electron chi connectivity index (χ1n) is 6.68. The minimum absolute atomic E-state index is 0.115. The Bertz CT molecular complexity index is 872. The molecular weight excluding hydrogens is 380 g/mol. The van der Waals surface area contributed by atoms with Crippen LogP contribution in [0.15, 0.2) is 47.4 Å². The topological polar surface area (TPSA) is 81.7 Å². The number of carbonyl (C=O) groups excluding carboxylic acids is 1. The van der Waals surface area contributed by atoms with E-state index >= 15 is 0 Å². The van der Waals surface area contributed by atoms with Crippen LogP contribution in [0.2, 0.25) is 5.02 Å². The Morgan fingerprint density at radius 2 is 1.76 bits per heavy atom.